The van der Waals surface area contributed by atoms with Crippen LogP contribution in [0.4, 0.5) is 0 Å². The van der Waals surface area contributed by atoms with Crippen molar-refractivity contribution < 1.29 is 13.2 Å². The molecule has 0 saturated heterocycles. The molecule has 0 bridgehead atoms. The lowest BCUT2D eigenvalue weighted by Gasteiger charge is -2.05. The lowest BCUT2D eigenvalue weighted by Crippen LogP contribution is -2.03. The first kappa shape index (κ1) is 15.9. The van der Waals surface area contributed by atoms with Crippen molar-refractivity contribution in [2.24, 2.45) is 0 Å². The second-order valence-electron chi connectivity index (χ2n) is 4.74. The maximum absolute atomic E-state index is 12.6. The maximum atomic E-state index is 12.6. The number of hydrogen-bond donors (Lipinski definition) is 0. The van der Waals surface area contributed by atoms with Gasteiger partial charge in [-0.25, -0.2) is 8.42 Å². The van der Waals surface area contributed by atoms with Gasteiger partial charge in [0, 0.05) is 0 Å². The Kier molecular flexibility index (Phi) is 4.69. The highest BCUT2D eigenvalue weighted by Gasteiger charge is 2.18. The van der Waals surface area contributed by atoms with E-state index in [0.717, 1.165) is 5.56 Å². The van der Waals surface area contributed by atoms with Crippen molar-refractivity contribution in [2.75, 3.05) is 7.11 Å². The first-order chi connectivity index (χ1) is 10.5. The third-order valence-corrected chi connectivity index (χ3v) is 4.88. The zero-order valence-electron chi connectivity index (χ0n) is 12.4. The summed E-state index contributed by atoms with van der Waals surface area (Å²) in [5.41, 5.74) is 1.68. The fraction of sp³-hybridized carbons (Fsp3) is 0.111. The molecule has 3 nitrogen and oxygen atoms in total. The number of allylic oxidation sites excluding steroid dienone is 1. The van der Waals surface area contributed by atoms with Gasteiger partial charge in [0.25, 0.3) is 0 Å². The van der Waals surface area contributed by atoms with Crippen molar-refractivity contribution >= 4 is 15.9 Å². The van der Waals surface area contributed by atoms with E-state index in [1.807, 2.05) is 6.92 Å². The predicted octanol–water partition coefficient (Wildman–Crippen LogP) is 3.45. The van der Waals surface area contributed by atoms with Crippen LogP contribution >= 0.6 is 0 Å². The third kappa shape index (κ3) is 3.38. The quantitative estimate of drug-likeness (QED) is 0.812. The van der Waals surface area contributed by atoms with Gasteiger partial charge in [-0.2, -0.15) is 0 Å². The van der Waals surface area contributed by atoms with E-state index in [9.17, 15) is 8.42 Å². The van der Waals surface area contributed by atoms with Crippen LogP contribution in [0.3, 0.4) is 0 Å². The van der Waals surface area contributed by atoms with E-state index in [2.05, 4.69) is 5.92 Å². The van der Waals surface area contributed by atoms with Crippen LogP contribution in [0.15, 0.2) is 58.3 Å². The van der Waals surface area contributed by atoms with E-state index in [1.165, 1.54) is 6.08 Å². The molecule has 0 atom stereocenters. The van der Waals surface area contributed by atoms with Gasteiger partial charge in [-0.05, 0) is 42.8 Å². The fourth-order valence-corrected chi connectivity index (χ4v) is 3.09. The Morgan fingerprint density at radius 1 is 1.09 bits per heavy atom. The average molecular weight is 312 g/mol. The summed E-state index contributed by atoms with van der Waals surface area (Å²) in [6, 6.07) is 13.6. The number of rotatable bonds is 4. The van der Waals surface area contributed by atoms with E-state index < -0.39 is 9.84 Å². The van der Waals surface area contributed by atoms with Gasteiger partial charge in [0.05, 0.1) is 12.0 Å². The molecule has 0 aliphatic carbocycles. The van der Waals surface area contributed by atoms with Gasteiger partial charge in [0.2, 0.25) is 9.84 Å². The Morgan fingerprint density at radius 3 is 2.18 bits per heavy atom. The molecule has 112 valence electrons. The van der Waals surface area contributed by atoms with Gasteiger partial charge in [0.15, 0.2) is 0 Å². The molecule has 2 rings (SSSR count). The van der Waals surface area contributed by atoms with E-state index in [1.54, 1.807) is 55.6 Å². The Labute approximate surface area is 131 Å². The van der Waals surface area contributed by atoms with Crippen molar-refractivity contribution in [3.05, 3.63) is 64.6 Å². The molecule has 0 aliphatic rings. The van der Waals surface area contributed by atoms with E-state index in [-0.39, 0.29) is 9.80 Å². The SMILES string of the molecule is C#C/C(=C\c1ccc(OC)cc1)S(=O)(=O)c1ccc(C)cc1. The molecule has 0 fully saturated rings. The highest BCUT2D eigenvalue weighted by molar-refractivity contribution is 7.95. The Bertz CT molecular complexity index is 821. The third-order valence-electron chi connectivity index (χ3n) is 3.18. The molecule has 0 heterocycles. The zero-order valence-corrected chi connectivity index (χ0v) is 13.2. The van der Waals surface area contributed by atoms with Crippen LogP contribution in [0.2, 0.25) is 0 Å². The molecule has 0 N–H and O–H groups in total. The fourth-order valence-electron chi connectivity index (χ4n) is 1.89. The number of methoxy groups -OCH3 is 1. The molecule has 0 aliphatic heterocycles. The molecule has 4 heteroatoms. The second-order valence-corrected chi connectivity index (χ2v) is 6.66. The summed E-state index contributed by atoms with van der Waals surface area (Å²) < 4.78 is 30.2. The predicted molar refractivity (Wildman–Crippen MR) is 88.2 cm³/mol. The molecule has 0 saturated carbocycles. The Morgan fingerprint density at radius 2 is 1.68 bits per heavy atom. The number of ether oxygens (including phenoxy) is 1. The molecule has 22 heavy (non-hydrogen) atoms. The van der Waals surface area contributed by atoms with E-state index in [4.69, 9.17) is 11.2 Å². The normalized spacial score (nSPS) is 11.8. The number of sulfone groups is 1. The van der Waals surface area contributed by atoms with Crippen molar-refractivity contribution in [1.29, 1.82) is 0 Å². The summed E-state index contributed by atoms with van der Waals surface area (Å²) >= 11 is 0. The lowest BCUT2D eigenvalue weighted by molar-refractivity contribution is 0.415. The summed E-state index contributed by atoms with van der Waals surface area (Å²) in [7, 11) is -2.12. The smallest absolute Gasteiger partial charge is 0.214 e. The Hall–Kier alpha value is -2.51. The molecule has 0 spiro atoms. The van der Waals surface area contributed by atoms with Crippen LogP contribution < -0.4 is 4.74 Å². The summed E-state index contributed by atoms with van der Waals surface area (Å²) in [5, 5.41) is 0. The van der Waals surface area contributed by atoms with Crippen molar-refractivity contribution in [3.8, 4) is 18.1 Å². The summed E-state index contributed by atoms with van der Waals surface area (Å²) in [4.78, 5) is 0.123. The summed E-state index contributed by atoms with van der Waals surface area (Å²) in [6.45, 7) is 1.89. The minimum Gasteiger partial charge on any atom is -0.497 e. The van der Waals surface area contributed by atoms with Crippen LogP contribution in [0.5, 0.6) is 5.75 Å². The number of terminal acetylenes is 1. The largest absolute Gasteiger partial charge is 0.497 e. The molecule has 2 aromatic rings. The van der Waals surface area contributed by atoms with Crippen LogP contribution in [-0.4, -0.2) is 15.5 Å². The first-order valence-corrected chi connectivity index (χ1v) is 8.10. The van der Waals surface area contributed by atoms with Gasteiger partial charge < -0.3 is 4.74 Å². The highest BCUT2D eigenvalue weighted by atomic mass is 32.2. The molecule has 2 aromatic carbocycles. The van der Waals surface area contributed by atoms with Crippen LogP contribution in [0.25, 0.3) is 6.08 Å². The summed E-state index contributed by atoms with van der Waals surface area (Å²) in [5.74, 6) is 2.97. The molecule has 0 amide bonds. The van der Waals surface area contributed by atoms with Crippen LogP contribution in [-0.2, 0) is 9.84 Å². The molecule has 0 aromatic heterocycles. The first-order valence-electron chi connectivity index (χ1n) is 6.61. The lowest BCUT2D eigenvalue weighted by atomic mass is 10.2. The van der Waals surface area contributed by atoms with Crippen molar-refractivity contribution in [1.82, 2.24) is 0 Å². The van der Waals surface area contributed by atoms with Crippen LogP contribution in [0.1, 0.15) is 11.1 Å². The molecule has 0 unspecified atom stereocenters. The topological polar surface area (TPSA) is 43.4 Å². The second kappa shape index (κ2) is 6.50. The van der Waals surface area contributed by atoms with Gasteiger partial charge in [-0.15, -0.1) is 6.42 Å². The Balaban J connectivity index is 2.43. The highest BCUT2D eigenvalue weighted by Crippen LogP contribution is 2.22. The van der Waals surface area contributed by atoms with Crippen molar-refractivity contribution in [2.45, 2.75) is 11.8 Å². The minimum absolute atomic E-state index is 0.0680. The van der Waals surface area contributed by atoms with Crippen molar-refractivity contribution in [3.63, 3.8) is 0 Å². The molecular formula is C18H16O3S. The van der Waals surface area contributed by atoms with E-state index >= 15 is 0 Å². The molecule has 0 radical (unpaired) electrons. The maximum Gasteiger partial charge on any atom is 0.214 e. The van der Waals surface area contributed by atoms with Crippen LogP contribution in [0, 0.1) is 19.3 Å². The summed E-state index contributed by atoms with van der Waals surface area (Å²) in [6.07, 6.45) is 6.89. The monoisotopic (exact) mass is 312 g/mol. The molecular weight excluding hydrogens is 296 g/mol. The zero-order chi connectivity index (χ0) is 16.2. The van der Waals surface area contributed by atoms with Gasteiger partial charge >= 0.3 is 0 Å². The minimum atomic E-state index is -3.69. The number of aryl methyl sites for hydroxylation is 1. The average Bonchev–Trinajstić information content (AvgIpc) is 2.53. The standard InChI is InChI=1S/C18H16O3S/c1-4-17(13-15-7-9-16(21-3)10-8-15)22(19,20)18-11-5-14(2)6-12-18/h1,5-13H,2-3H3/b17-13+. The van der Waals surface area contributed by atoms with Gasteiger partial charge in [-0.1, -0.05) is 35.7 Å². The van der Waals surface area contributed by atoms with Gasteiger partial charge in [0.1, 0.15) is 10.7 Å². The van der Waals surface area contributed by atoms with Gasteiger partial charge in [-0.3, -0.25) is 0 Å². The number of benzene rings is 2. The van der Waals surface area contributed by atoms with E-state index in [0.29, 0.717) is 11.3 Å². The number of hydrogen-bond acceptors (Lipinski definition) is 3.